The summed E-state index contributed by atoms with van der Waals surface area (Å²) in [5.74, 6) is 0.927. The maximum atomic E-state index is 4.32. The number of hydrogen-bond donors (Lipinski definition) is 1. The van der Waals surface area contributed by atoms with Crippen LogP contribution in [0.25, 0.3) is 0 Å². The van der Waals surface area contributed by atoms with Crippen molar-refractivity contribution in [2.45, 2.75) is 19.4 Å². The minimum absolute atomic E-state index is 0.784. The van der Waals surface area contributed by atoms with E-state index >= 15 is 0 Å². The quantitative estimate of drug-likeness (QED) is 0.362. The summed E-state index contributed by atoms with van der Waals surface area (Å²) in [6.45, 7) is 5.51. The predicted octanol–water partition coefficient (Wildman–Crippen LogP) is 2.73. The molecule has 0 spiro atoms. The predicted molar refractivity (Wildman–Crippen MR) is 93.0 cm³/mol. The van der Waals surface area contributed by atoms with Gasteiger partial charge in [-0.15, -0.1) is 6.58 Å². The fourth-order valence-electron chi connectivity index (χ4n) is 2.06. The highest BCUT2D eigenvalue weighted by atomic mass is 15.3. The van der Waals surface area contributed by atoms with Crippen LogP contribution in [-0.2, 0) is 6.54 Å². The highest BCUT2D eigenvalue weighted by Gasteiger charge is 2.05. The van der Waals surface area contributed by atoms with Crippen molar-refractivity contribution in [3.8, 4) is 0 Å². The first-order valence-corrected chi connectivity index (χ1v) is 7.37. The third kappa shape index (κ3) is 5.90. The first-order chi connectivity index (χ1) is 10.1. The Morgan fingerprint density at radius 1 is 1.24 bits per heavy atom. The second-order valence-corrected chi connectivity index (χ2v) is 5.31. The van der Waals surface area contributed by atoms with Crippen LogP contribution in [0.2, 0.25) is 0 Å². The number of nitrogens with one attached hydrogen (secondary N) is 1. The monoisotopic (exact) mass is 288 g/mol. The van der Waals surface area contributed by atoms with Gasteiger partial charge in [0, 0.05) is 47.0 Å². The van der Waals surface area contributed by atoms with Crippen molar-refractivity contribution in [2.24, 2.45) is 4.99 Å². The van der Waals surface area contributed by atoms with E-state index in [4.69, 9.17) is 0 Å². The van der Waals surface area contributed by atoms with Gasteiger partial charge in [0.15, 0.2) is 5.96 Å². The van der Waals surface area contributed by atoms with E-state index in [2.05, 4.69) is 58.0 Å². The van der Waals surface area contributed by atoms with Crippen molar-refractivity contribution >= 4 is 11.6 Å². The number of allylic oxidation sites excluding steroid dienone is 1. The van der Waals surface area contributed by atoms with Gasteiger partial charge in [0.2, 0.25) is 0 Å². The molecule has 0 amide bonds. The Morgan fingerprint density at radius 3 is 2.43 bits per heavy atom. The number of guanidine groups is 1. The van der Waals surface area contributed by atoms with Gasteiger partial charge in [0.1, 0.15) is 0 Å². The van der Waals surface area contributed by atoms with Crippen LogP contribution in [0, 0.1) is 0 Å². The number of hydrogen-bond acceptors (Lipinski definition) is 2. The first kappa shape index (κ1) is 17.1. The van der Waals surface area contributed by atoms with E-state index < -0.39 is 0 Å². The summed E-state index contributed by atoms with van der Waals surface area (Å²) in [7, 11) is 7.98. The fraction of sp³-hybridized carbons (Fsp3) is 0.471. The second kappa shape index (κ2) is 9.06. The third-order valence-electron chi connectivity index (χ3n) is 3.38. The normalized spacial score (nSPS) is 11.1. The number of nitrogens with zero attached hydrogens (tertiary/aromatic N) is 3. The summed E-state index contributed by atoms with van der Waals surface area (Å²) < 4.78 is 0. The topological polar surface area (TPSA) is 30.9 Å². The van der Waals surface area contributed by atoms with E-state index in [0.717, 1.165) is 31.9 Å². The van der Waals surface area contributed by atoms with Gasteiger partial charge >= 0.3 is 0 Å². The number of anilines is 1. The maximum absolute atomic E-state index is 4.32. The molecule has 1 N–H and O–H groups in total. The fourth-order valence-corrected chi connectivity index (χ4v) is 2.06. The summed E-state index contributed by atoms with van der Waals surface area (Å²) in [6, 6.07) is 8.56. The molecule has 1 aromatic carbocycles. The molecule has 0 heterocycles. The van der Waals surface area contributed by atoms with Crippen molar-refractivity contribution in [3.05, 3.63) is 42.5 Å². The molecule has 0 unspecified atom stereocenters. The molecule has 0 saturated heterocycles. The second-order valence-electron chi connectivity index (χ2n) is 5.31. The lowest BCUT2D eigenvalue weighted by Gasteiger charge is -2.22. The number of benzene rings is 1. The van der Waals surface area contributed by atoms with Crippen molar-refractivity contribution in [2.75, 3.05) is 39.6 Å². The van der Waals surface area contributed by atoms with Gasteiger partial charge in [0.05, 0.1) is 0 Å². The zero-order valence-corrected chi connectivity index (χ0v) is 13.8. The summed E-state index contributed by atoms with van der Waals surface area (Å²) in [4.78, 5) is 8.58. The van der Waals surface area contributed by atoms with Crippen LogP contribution in [0.4, 0.5) is 5.69 Å². The molecule has 0 saturated carbocycles. The molecule has 1 rings (SSSR count). The molecule has 0 aliphatic carbocycles. The van der Waals surface area contributed by atoms with Crippen molar-refractivity contribution in [1.82, 2.24) is 10.2 Å². The number of unbranched alkanes of at least 4 members (excludes halogenated alkanes) is 1. The van der Waals surface area contributed by atoms with E-state index in [0.29, 0.717) is 0 Å². The first-order valence-electron chi connectivity index (χ1n) is 7.37. The average molecular weight is 288 g/mol. The zero-order valence-electron chi connectivity index (χ0n) is 13.8. The molecule has 4 heteroatoms. The van der Waals surface area contributed by atoms with E-state index in [9.17, 15) is 0 Å². The lowest BCUT2D eigenvalue weighted by atomic mass is 10.2. The summed E-state index contributed by atoms with van der Waals surface area (Å²) in [5.41, 5.74) is 2.46. The minimum Gasteiger partial charge on any atom is -0.378 e. The van der Waals surface area contributed by atoms with Gasteiger partial charge in [-0.05, 0) is 30.5 Å². The van der Waals surface area contributed by atoms with Crippen LogP contribution in [-0.4, -0.2) is 45.6 Å². The van der Waals surface area contributed by atoms with Gasteiger partial charge in [-0.2, -0.15) is 0 Å². The highest BCUT2D eigenvalue weighted by molar-refractivity contribution is 5.79. The van der Waals surface area contributed by atoms with Crippen molar-refractivity contribution in [3.63, 3.8) is 0 Å². The lowest BCUT2D eigenvalue weighted by molar-refractivity contribution is 0.470. The lowest BCUT2D eigenvalue weighted by Crippen LogP contribution is -2.38. The van der Waals surface area contributed by atoms with Crippen LogP contribution >= 0.6 is 0 Å². The Balaban J connectivity index is 2.49. The molecule has 0 atom stereocenters. The summed E-state index contributed by atoms with van der Waals surface area (Å²) in [5, 5.41) is 3.40. The van der Waals surface area contributed by atoms with Crippen LogP contribution in [0.1, 0.15) is 18.4 Å². The molecule has 0 radical (unpaired) electrons. The summed E-state index contributed by atoms with van der Waals surface area (Å²) >= 11 is 0. The molecule has 0 bridgehead atoms. The Bertz CT molecular complexity index is 448. The molecule has 21 heavy (non-hydrogen) atoms. The van der Waals surface area contributed by atoms with Gasteiger partial charge in [-0.3, -0.25) is 4.99 Å². The number of rotatable bonds is 7. The third-order valence-corrected chi connectivity index (χ3v) is 3.38. The van der Waals surface area contributed by atoms with Gasteiger partial charge in [0.25, 0.3) is 0 Å². The molecule has 0 aliphatic heterocycles. The molecular formula is C17H28N4. The van der Waals surface area contributed by atoms with Gasteiger partial charge < -0.3 is 15.1 Å². The molecule has 4 nitrogen and oxygen atoms in total. The highest BCUT2D eigenvalue weighted by Crippen LogP contribution is 2.12. The van der Waals surface area contributed by atoms with Crippen LogP contribution in [0.5, 0.6) is 0 Å². The molecule has 1 aromatic rings. The Kier molecular flexibility index (Phi) is 7.37. The van der Waals surface area contributed by atoms with Crippen LogP contribution < -0.4 is 10.2 Å². The van der Waals surface area contributed by atoms with Gasteiger partial charge in [-0.25, -0.2) is 0 Å². The smallest absolute Gasteiger partial charge is 0.193 e. The Morgan fingerprint density at radius 2 is 1.90 bits per heavy atom. The minimum atomic E-state index is 0.784. The Hall–Kier alpha value is -1.97. The largest absolute Gasteiger partial charge is 0.378 e. The molecule has 0 aliphatic rings. The molecule has 0 fully saturated rings. The van der Waals surface area contributed by atoms with E-state index in [1.54, 1.807) is 0 Å². The average Bonchev–Trinajstić information content (AvgIpc) is 2.48. The molecular weight excluding hydrogens is 260 g/mol. The molecule has 116 valence electrons. The van der Waals surface area contributed by atoms with Crippen LogP contribution in [0.3, 0.4) is 0 Å². The van der Waals surface area contributed by atoms with Crippen LogP contribution in [0.15, 0.2) is 41.9 Å². The van der Waals surface area contributed by atoms with Crippen molar-refractivity contribution < 1.29 is 0 Å². The zero-order chi connectivity index (χ0) is 15.7. The molecule has 0 aromatic heterocycles. The van der Waals surface area contributed by atoms with E-state index in [1.165, 1.54) is 11.3 Å². The van der Waals surface area contributed by atoms with E-state index in [-0.39, 0.29) is 0 Å². The Labute approximate surface area is 129 Å². The standard InChI is InChI=1S/C17H28N4/c1-6-7-8-13-21(5)17(18-2)19-14-15-9-11-16(12-10-15)20(3)4/h6,9-12H,1,7-8,13-14H2,2-5H3,(H,18,19). The van der Waals surface area contributed by atoms with E-state index in [1.807, 2.05) is 27.2 Å². The summed E-state index contributed by atoms with van der Waals surface area (Å²) in [6.07, 6.45) is 4.09. The SMILES string of the molecule is C=CCCCN(C)C(=NC)NCc1ccc(N(C)C)cc1. The van der Waals surface area contributed by atoms with Crippen molar-refractivity contribution in [1.29, 1.82) is 0 Å². The van der Waals surface area contributed by atoms with Gasteiger partial charge in [-0.1, -0.05) is 18.2 Å². The number of aliphatic imine (C=N–C) groups is 1. The maximum Gasteiger partial charge on any atom is 0.193 e.